The molecule has 0 saturated carbocycles. The highest BCUT2D eigenvalue weighted by Crippen LogP contribution is 2.30. The first-order valence-electron chi connectivity index (χ1n) is 5.24. The molecule has 2 rings (SSSR count). The Morgan fingerprint density at radius 2 is 2.07 bits per heavy atom. The molecule has 0 atom stereocenters. The smallest absolute Gasteiger partial charge is 0.0597 e. The molecule has 1 aliphatic rings. The van der Waals surface area contributed by atoms with Crippen LogP contribution in [0, 0.1) is 5.41 Å². The van der Waals surface area contributed by atoms with E-state index in [1.54, 1.807) is 0 Å². The second kappa shape index (κ2) is 3.74. The quantitative estimate of drug-likeness (QED) is 0.766. The van der Waals surface area contributed by atoms with Crippen LogP contribution >= 0.6 is 0 Å². The van der Waals surface area contributed by atoms with Crippen molar-refractivity contribution in [2.75, 3.05) is 37.4 Å². The van der Waals surface area contributed by atoms with Crippen molar-refractivity contribution >= 4 is 11.4 Å². The molecule has 1 fully saturated rings. The zero-order chi connectivity index (χ0) is 10.9. The fourth-order valence-electron chi connectivity index (χ4n) is 2.03. The first-order chi connectivity index (χ1) is 7.11. The molecule has 1 saturated heterocycles. The molecule has 82 valence electrons. The Hall–Kier alpha value is -1.22. The van der Waals surface area contributed by atoms with E-state index in [1.807, 2.05) is 18.2 Å². The van der Waals surface area contributed by atoms with Crippen molar-refractivity contribution in [3.05, 3.63) is 24.3 Å². The van der Waals surface area contributed by atoms with E-state index in [-0.39, 0.29) is 5.41 Å². The van der Waals surface area contributed by atoms with E-state index in [1.165, 1.54) is 0 Å². The van der Waals surface area contributed by atoms with Gasteiger partial charge in [-0.05, 0) is 12.1 Å². The van der Waals surface area contributed by atoms with E-state index in [2.05, 4.69) is 24.9 Å². The Kier molecular flexibility index (Phi) is 2.57. The topological polar surface area (TPSA) is 38.5 Å². The molecule has 1 aliphatic heterocycles. The van der Waals surface area contributed by atoms with E-state index >= 15 is 0 Å². The molecule has 0 spiro atoms. The molecule has 1 aromatic rings. The summed E-state index contributed by atoms with van der Waals surface area (Å²) in [6, 6.07) is 7.96. The van der Waals surface area contributed by atoms with Crippen LogP contribution < -0.4 is 10.6 Å². The van der Waals surface area contributed by atoms with Crippen LogP contribution in [0.25, 0.3) is 0 Å². The van der Waals surface area contributed by atoms with Gasteiger partial charge >= 0.3 is 0 Å². The number of hydrogen-bond acceptors (Lipinski definition) is 3. The van der Waals surface area contributed by atoms with Crippen molar-refractivity contribution < 1.29 is 4.74 Å². The molecule has 2 N–H and O–H groups in total. The van der Waals surface area contributed by atoms with Crippen LogP contribution in [0.1, 0.15) is 6.92 Å². The van der Waals surface area contributed by atoms with Gasteiger partial charge < -0.3 is 15.4 Å². The Labute approximate surface area is 90.8 Å². The van der Waals surface area contributed by atoms with Crippen molar-refractivity contribution in [3.63, 3.8) is 0 Å². The zero-order valence-electron chi connectivity index (χ0n) is 9.36. The summed E-state index contributed by atoms with van der Waals surface area (Å²) in [5.41, 5.74) is 8.15. The minimum Gasteiger partial charge on any atom is -0.397 e. The van der Waals surface area contributed by atoms with Crippen LogP contribution in [0.5, 0.6) is 0 Å². The molecule has 0 amide bonds. The Morgan fingerprint density at radius 1 is 1.40 bits per heavy atom. The summed E-state index contributed by atoms with van der Waals surface area (Å²) in [6.45, 7) is 4.93. The maximum atomic E-state index is 5.93. The third kappa shape index (κ3) is 2.07. The normalized spacial score (nSPS) is 18.3. The lowest BCUT2D eigenvalue weighted by Crippen LogP contribution is -2.48. The molecular weight excluding hydrogens is 188 g/mol. The molecule has 0 aromatic heterocycles. The number of benzene rings is 1. The first kappa shape index (κ1) is 10.3. The van der Waals surface area contributed by atoms with Crippen molar-refractivity contribution in [3.8, 4) is 0 Å². The van der Waals surface area contributed by atoms with Crippen LogP contribution in [0.3, 0.4) is 0 Å². The standard InChI is InChI=1S/C12H18N2O/c1-12(8-15-9-12)7-14(2)11-6-4-3-5-10(11)13/h3-6H,7-9,13H2,1-2H3. The minimum absolute atomic E-state index is 0.289. The predicted molar refractivity (Wildman–Crippen MR) is 63.1 cm³/mol. The monoisotopic (exact) mass is 206 g/mol. The molecule has 0 aliphatic carbocycles. The summed E-state index contributed by atoms with van der Waals surface area (Å²) < 4.78 is 5.25. The summed E-state index contributed by atoms with van der Waals surface area (Å²) in [5, 5.41) is 0. The van der Waals surface area contributed by atoms with Gasteiger partial charge in [0, 0.05) is 19.0 Å². The van der Waals surface area contributed by atoms with Gasteiger partial charge in [0.1, 0.15) is 0 Å². The Morgan fingerprint density at radius 3 is 2.60 bits per heavy atom. The molecule has 3 nitrogen and oxygen atoms in total. The van der Waals surface area contributed by atoms with Crippen molar-refractivity contribution in [2.45, 2.75) is 6.92 Å². The van der Waals surface area contributed by atoms with Gasteiger partial charge in [0.05, 0.1) is 24.6 Å². The third-order valence-electron chi connectivity index (χ3n) is 2.87. The fourth-order valence-corrected chi connectivity index (χ4v) is 2.03. The molecule has 0 unspecified atom stereocenters. The van der Waals surface area contributed by atoms with Gasteiger partial charge in [-0.2, -0.15) is 0 Å². The highest BCUT2D eigenvalue weighted by atomic mass is 16.5. The predicted octanol–water partition coefficient (Wildman–Crippen LogP) is 1.74. The first-order valence-corrected chi connectivity index (χ1v) is 5.24. The minimum atomic E-state index is 0.289. The number of nitrogens with zero attached hydrogens (tertiary/aromatic N) is 1. The number of anilines is 2. The van der Waals surface area contributed by atoms with Gasteiger partial charge in [0.15, 0.2) is 0 Å². The summed E-state index contributed by atoms with van der Waals surface area (Å²) in [5.74, 6) is 0. The van der Waals surface area contributed by atoms with Crippen LogP contribution in [-0.2, 0) is 4.74 Å². The number of ether oxygens (including phenoxy) is 1. The number of rotatable bonds is 3. The summed E-state index contributed by atoms with van der Waals surface area (Å²) in [6.07, 6.45) is 0. The highest BCUT2D eigenvalue weighted by Gasteiger charge is 2.34. The van der Waals surface area contributed by atoms with Crippen LogP contribution in [0.15, 0.2) is 24.3 Å². The molecular formula is C12H18N2O. The van der Waals surface area contributed by atoms with E-state index in [0.29, 0.717) is 0 Å². The lowest BCUT2D eigenvalue weighted by atomic mass is 9.88. The van der Waals surface area contributed by atoms with Gasteiger partial charge in [0.25, 0.3) is 0 Å². The zero-order valence-corrected chi connectivity index (χ0v) is 9.36. The Bertz CT molecular complexity index is 347. The molecule has 15 heavy (non-hydrogen) atoms. The van der Waals surface area contributed by atoms with Gasteiger partial charge in [-0.1, -0.05) is 19.1 Å². The van der Waals surface area contributed by atoms with Crippen molar-refractivity contribution in [2.24, 2.45) is 5.41 Å². The van der Waals surface area contributed by atoms with Crippen LogP contribution in [0.2, 0.25) is 0 Å². The van der Waals surface area contributed by atoms with Crippen molar-refractivity contribution in [1.82, 2.24) is 0 Å². The van der Waals surface area contributed by atoms with E-state index < -0.39 is 0 Å². The molecule has 1 heterocycles. The number of hydrogen-bond donors (Lipinski definition) is 1. The second-order valence-corrected chi connectivity index (χ2v) is 4.72. The average Bonchev–Trinajstić information content (AvgIpc) is 2.16. The maximum Gasteiger partial charge on any atom is 0.0597 e. The van der Waals surface area contributed by atoms with Gasteiger partial charge in [0.2, 0.25) is 0 Å². The Balaban J connectivity index is 2.07. The summed E-state index contributed by atoms with van der Waals surface area (Å²) in [7, 11) is 2.08. The van der Waals surface area contributed by atoms with E-state index in [4.69, 9.17) is 10.5 Å². The van der Waals surface area contributed by atoms with Crippen LogP contribution in [0.4, 0.5) is 11.4 Å². The van der Waals surface area contributed by atoms with Gasteiger partial charge in [-0.15, -0.1) is 0 Å². The van der Waals surface area contributed by atoms with Crippen molar-refractivity contribution in [1.29, 1.82) is 0 Å². The molecule has 0 bridgehead atoms. The number of para-hydroxylation sites is 2. The summed E-state index contributed by atoms with van der Waals surface area (Å²) >= 11 is 0. The largest absolute Gasteiger partial charge is 0.397 e. The fraction of sp³-hybridized carbons (Fsp3) is 0.500. The highest BCUT2D eigenvalue weighted by molar-refractivity contribution is 5.66. The molecule has 1 aromatic carbocycles. The van der Waals surface area contributed by atoms with E-state index in [0.717, 1.165) is 31.1 Å². The lowest BCUT2D eigenvalue weighted by Gasteiger charge is -2.41. The molecule has 3 heteroatoms. The molecule has 0 radical (unpaired) electrons. The maximum absolute atomic E-state index is 5.93. The average molecular weight is 206 g/mol. The second-order valence-electron chi connectivity index (χ2n) is 4.72. The van der Waals surface area contributed by atoms with Gasteiger partial charge in [-0.25, -0.2) is 0 Å². The van der Waals surface area contributed by atoms with E-state index in [9.17, 15) is 0 Å². The SMILES string of the molecule is CN(CC1(C)COC1)c1ccccc1N. The third-order valence-corrected chi connectivity index (χ3v) is 2.87. The lowest BCUT2D eigenvalue weighted by molar-refractivity contribution is -0.0951. The number of nitrogen functional groups attached to an aromatic ring is 1. The van der Waals surface area contributed by atoms with Crippen LogP contribution in [-0.4, -0.2) is 26.8 Å². The number of nitrogens with two attached hydrogens (primary N) is 1. The van der Waals surface area contributed by atoms with Gasteiger partial charge in [-0.3, -0.25) is 0 Å². The summed E-state index contributed by atoms with van der Waals surface area (Å²) in [4.78, 5) is 2.21.